The molecule has 0 spiro atoms. The van der Waals surface area contributed by atoms with Gasteiger partial charge in [-0.1, -0.05) is 104 Å². The average Bonchev–Trinajstić information content (AvgIpc) is 2.45. The van der Waals surface area contributed by atoms with Crippen molar-refractivity contribution in [2.24, 2.45) is 0 Å². The second-order valence-corrected chi connectivity index (χ2v) is 6.23. The van der Waals surface area contributed by atoms with Crippen LogP contribution in [-0.2, 0) is 17.1 Å². The van der Waals surface area contributed by atoms with E-state index in [-0.39, 0.29) is 28.0 Å². The number of rotatable bonds is 13. The van der Waals surface area contributed by atoms with Gasteiger partial charge in [0.15, 0.2) is 0 Å². The summed E-state index contributed by atoms with van der Waals surface area (Å²) in [5.41, 5.74) is 0. The van der Waals surface area contributed by atoms with E-state index in [2.05, 4.69) is 13.8 Å². The van der Waals surface area contributed by atoms with Gasteiger partial charge in [0.25, 0.3) is 0 Å². The summed E-state index contributed by atoms with van der Waals surface area (Å²) in [5.74, 6) is 0. The summed E-state index contributed by atoms with van der Waals surface area (Å²) in [6, 6.07) is 0. The molecular formula is C16H38B2F8MnO2. The number of hydrogen-bond donors (Lipinski definition) is 0. The van der Waals surface area contributed by atoms with E-state index in [1.54, 1.807) is 0 Å². The van der Waals surface area contributed by atoms with E-state index < -0.39 is 14.5 Å². The predicted molar refractivity (Wildman–Crippen MR) is 104 cm³/mol. The molecule has 1 radical (unpaired) electrons. The molecule has 0 atom stereocenters. The Hall–Kier alpha value is 0.00935. The summed E-state index contributed by atoms with van der Waals surface area (Å²) in [6.45, 7) is 4.58. The molecule has 0 aromatic heterocycles. The molecule has 183 valence electrons. The van der Waals surface area contributed by atoms with Crippen LogP contribution in [0.25, 0.3) is 0 Å². The fourth-order valence-electron chi connectivity index (χ4n) is 2.27. The van der Waals surface area contributed by atoms with Gasteiger partial charge in [-0.25, -0.2) is 0 Å². The minimum atomic E-state index is -6.00. The molecule has 0 heterocycles. The molecule has 0 saturated heterocycles. The smallest absolute Gasteiger partial charge is 0.418 e. The molecule has 0 rings (SSSR count). The van der Waals surface area contributed by atoms with E-state index in [0.29, 0.717) is 0 Å². The Morgan fingerprint density at radius 1 is 0.379 bits per heavy atom. The maximum atomic E-state index is 9.75. The van der Waals surface area contributed by atoms with Crippen molar-refractivity contribution in [1.82, 2.24) is 0 Å². The van der Waals surface area contributed by atoms with Crippen molar-refractivity contribution in [2.45, 2.75) is 104 Å². The number of unbranched alkanes of at least 4 members (excludes halogenated alkanes) is 13. The van der Waals surface area contributed by atoms with Gasteiger partial charge in [-0.05, 0) is 0 Å². The number of hydrogen-bond acceptors (Lipinski definition) is 0. The van der Waals surface area contributed by atoms with Gasteiger partial charge >= 0.3 is 31.6 Å². The largest absolute Gasteiger partial charge is 2.00 e. The Morgan fingerprint density at radius 2 is 0.483 bits per heavy atom. The standard InChI is InChI=1S/C16H34.2BF4.Mn.2H2O/c1-3-5-7-9-11-13-15-16-14-12-10-8-6-4-2;2*2-1(3,4)5;;;/h3-16H2,1-2H3;;;;2*1H2/q;2*-1;+2;;. The second-order valence-electron chi connectivity index (χ2n) is 6.23. The molecule has 0 amide bonds. The maximum absolute atomic E-state index is 9.75. The zero-order chi connectivity index (χ0) is 20.9. The summed E-state index contributed by atoms with van der Waals surface area (Å²) in [7, 11) is -12.0. The molecule has 0 fully saturated rings. The Balaban J connectivity index is -0.0000000855. The second kappa shape index (κ2) is 30.2. The van der Waals surface area contributed by atoms with Gasteiger partial charge in [-0.2, -0.15) is 0 Å². The topological polar surface area (TPSA) is 63.0 Å². The Kier molecular flexibility index (Phi) is 44.8. The van der Waals surface area contributed by atoms with Crippen molar-refractivity contribution in [2.75, 3.05) is 0 Å². The maximum Gasteiger partial charge on any atom is 2.00 e. The molecule has 13 heteroatoms. The van der Waals surface area contributed by atoms with E-state index in [1.165, 1.54) is 89.9 Å². The predicted octanol–water partition coefficient (Wildman–Crippen LogP) is 7.44. The van der Waals surface area contributed by atoms with Crippen molar-refractivity contribution in [3.05, 3.63) is 0 Å². The number of halogens is 8. The zero-order valence-corrected chi connectivity index (χ0v) is 18.6. The fourth-order valence-corrected chi connectivity index (χ4v) is 2.27. The van der Waals surface area contributed by atoms with Crippen molar-refractivity contribution in [3.63, 3.8) is 0 Å². The van der Waals surface area contributed by atoms with Crippen molar-refractivity contribution < 1.29 is 62.5 Å². The Bertz CT molecular complexity index is 236. The van der Waals surface area contributed by atoms with Crippen LogP contribution in [0.3, 0.4) is 0 Å². The van der Waals surface area contributed by atoms with Gasteiger partial charge in [-0.15, -0.1) is 0 Å². The normalized spacial score (nSPS) is 10.1. The van der Waals surface area contributed by atoms with E-state index in [4.69, 9.17) is 0 Å². The van der Waals surface area contributed by atoms with Crippen LogP contribution in [0, 0.1) is 0 Å². The van der Waals surface area contributed by atoms with Gasteiger partial charge in [-0.3, -0.25) is 0 Å². The summed E-state index contributed by atoms with van der Waals surface area (Å²) in [4.78, 5) is 0. The summed E-state index contributed by atoms with van der Waals surface area (Å²) in [6.07, 6.45) is 20.4. The minimum absolute atomic E-state index is 0. The van der Waals surface area contributed by atoms with Gasteiger partial charge in [0.2, 0.25) is 0 Å². The molecule has 0 unspecified atom stereocenters. The van der Waals surface area contributed by atoms with Crippen LogP contribution in [0.2, 0.25) is 0 Å². The van der Waals surface area contributed by atoms with E-state index in [1.807, 2.05) is 0 Å². The van der Waals surface area contributed by atoms with Crippen molar-refractivity contribution in [1.29, 1.82) is 0 Å². The molecule has 0 aromatic rings. The summed E-state index contributed by atoms with van der Waals surface area (Å²) < 4.78 is 78.0. The molecule has 0 saturated carbocycles. The van der Waals surface area contributed by atoms with Crippen molar-refractivity contribution in [3.8, 4) is 0 Å². The van der Waals surface area contributed by atoms with Gasteiger partial charge < -0.3 is 45.5 Å². The van der Waals surface area contributed by atoms with E-state index in [0.717, 1.165) is 0 Å². The molecule has 0 aromatic carbocycles. The summed E-state index contributed by atoms with van der Waals surface area (Å²) >= 11 is 0. The van der Waals surface area contributed by atoms with Crippen LogP contribution in [0.5, 0.6) is 0 Å². The first-order chi connectivity index (χ1) is 11.9. The SMILES string of the molecule is CCCCCCCCCCCCCCCC.F[B-](F)(F)F.F[B-](F)(F)F.O.O.[Mn+2]. The summed E-state index contributed by atoms with van der Waals surface area (Å²) in [5, 5.41) is 0. The van der Waals surface area contributed by atoms with Gasteiger partial charge in [0, 0.05) is 0 Å². The van der Waals surface area contributed by atoms with E-state index in [9.17, 15) is 34.5 Å². The molecule has 0 aliphatic rings. The van der Waals surface area contributed by atoms with Crippen LogP contribution in [-0.4, -0.2) is 25.5 Å². The first-order valence-electron chi connectivity index (χ1n) is 9.66. The van der Waals surface area contributed by atoms with Crippen molar-refractivity contribution >= 4 is 14.5 Å². The molecule has 0 aliphatic heterocycles. The third-order valence-corrected chi connectivity index (χ3v) is 3.46. The first kappa shape index (κ1) is 43.0. The monoisotopic (exact) mass is 491 g/mol. The third kappa shape index (κ3) is 112. The Labute approximate surface area is 181 Å². The molecular weight excluding hydrogens is 453 g/mol. The van der Waals surface area contributed by atoms with Crippen LogP contribution < -0.4 is 0 Å². The molecule has 4 N–H and O–H groups in total. The molecule has 0 aliphatic carbocycles. The average molecular weight is 491 g/mol. The Morgan fingerprint density at radius 3 is 0.586 bits per heavy atom. The zero-order valence-electron chi connectivity index (χ0n) is 17.5. The van der Waals surface area contributed by atoms with Crippen LogP contribution >= 0.6 is 0 Å². The molecule has 29 heavy (non-hydrogen) atoms. The minimum Gasteiger partial charge on any atom is -0.418 e. The van der Waals surface area contributed by atoms with Gasteiger partial charge in [0.05, 0.1) is 0 Å². The first-order valence-corrected chi connectivity index (χ1v) is 9.66. The van der Waals surface area contributed by atoms with Crippen LogP contribution in [0.4, 0.5) is 34.5 Å². The third-order valence-electron chi connectivity index (χ3n) is 3.46. The van der Waals surface area contributed by atoms with E-state index >= 15 is 0 Å². The van der Waals surface area contributed by atoms with Crippen LogP contribution in [0.15, 0.2) is 0 Å². The molecule has 2 nitrogen and oxygen atoms in total. The van der Waals surface area contributed by atoms with Crippen LogP contribution in [0.1, 0.15) is 104 Å². The molecule has 0 bridgehead atoms. The quantitative estimate of drug-likeness (QED) is 0.146. The van der Waals surface area contributed by atoms with Gasteiger partial charge in [0.1, 0.15) is 0 Å². The fraction of sp³-hybridized carbons (Fsp3) is 1.00.